The summed E-state index contributed by atoms with van der Waals surface area (Å²) in [5.41, 5.74) is 1.15. The van der Waals surface area contributed by atoms with Crippen molar-refractivity contribution in [3.63, 3.8) is 0 Å². The van der Waals surface area contributed by atoms with Crippen LogP contribution in [0.4, 0.5) is 0 Å². The van der Waals surface area contributed by atoms with Crippen LogP contribution in [0.15, 0.2) is 43.0 Å². The molecule has 0 saturated heterocycles. The zero-order valence-corrected chi connectivity index (χ0v) is 9.60. The molecule has 3 heteroatoms. The molecule has 1 rings (SSSR count). The Bertz CT molecular complexity index is 361. The summed E-state index contributed by atoms with van der Waals surface area (Å²) in [6.07, 6.45) is 1.77. The summed E-state index contributed by atoms with van der Waals surface area (Å²) in [6, 6.07) is 9.92. The largest absolute Gasteiger partial charge is 0.477 e. The van der Waals surface area contributed by atoms with E-state index >= 15 is 0 Å². The van der Waals surface area contributed by atoms with Crippen molar-refractivity contribution in [1.82, 2.24) is 0 Å². The summed E-state index contributed by atoms with van der Waals surface area (Å²) in [7, 11) is 1.93. The highest BCUT2D eigenvalue weighted by Gasteiger charge is 2.23. The highest BCUT2D eigenvalue weighted by atomic mass is 16.4. The highest BCUT2D eigenvalue weighted by molar-refractivity contribution is 5.67. The number of rotatable bonds is 6. The number of aliphatic carboxylic acids is 1. The molecule has 0 heterocycles. The SMILES string of the molecule is C=CC[N+](C)(CC(=O)O)Cc1ccccc1. The van der Waals surface area contributed by atoms with Crippen LogP contribution in [-0.4, -0.2) is 35.7 Å². The molecule has 0 aliphatic heterocycles. The fraction of sp³-hybridized carbons (Fsp3) is 0.308. The highest BCUT2D eigenvalue weighted by Crippen LogP contribution is 2.11. The average Bonchev–Trinajstić information content (AvgIpc) is 2.17. The van der Waals surface area contributed by atoms with E-state index in [0.29, 0.717) is 17.6 Å². The molecule has 16 heavy (non-hydrogen) atoms. The van der Waals surface area contributed by atoms with Crippen molar-refractivity contribution in [2.45, 2.75) is 6.54 Å². The molecule has 0 saturated carbocycles. The smallest absolute Gasteiger partial charge is 0.359 e. The van der Waals surface area contributed by atoms with E-state index in [1.54, 1.807) is 6.08 Å². The van der Waals surface area contributed by atoms with Crippen molar-refractivity contribution in [2.24, 2.45) is 0 Å². The van der Waals surface area contributed by atoms with Gasteiger partial charge in [-0.05, 0) is 6.08 Å². The van der Waals surface area contributed by atoms with Gasteiger partial charge in [0.2, 0.25) is 0 Å². The van der Waals surface area contributed by atoms with Crippen LogP contribution in [0.5, 0.6) is 0 Å². The number of carboxylic acids is 1. The van der Waals surface area contributed by atoms with E-state index < -0.39 is 5.97 Å². The van der Waals surface area contributed by atoms with Crippen molar-refractivity contribution in [3.8, 4) is 0 Å². The molecule has 0 amide bonds. The molecule has 0 bridgehead atoms. The van der Waals surface area contributed by atoms with Gasteiger partial charge in [-0.2, -0.15) is 0 Å². The third-order valence-electron chi connectivity index (χ3n) is 2.49. The lowest BCUT2D eigenvalue weighted by molar-refractivity contribution is -0.910. The summed E-state index contributed by atoms with van der Waals surface area (Å²) >= 11 is 0. The first kappa shape index (κ1) is 12.5. The maximum absolute atomic E-state index is 10.8. The number of benzene rings is 1. The number of hydrogen-bond acceptors (Lipinski definition) is 1. The molecule has 3 nitrogen and oxygen atoms in total. The zero-order valence-electron chi connectivity index (χ0n) is 9.60. The van der Waals surface area contributed by atoms with Gasteiger partial charge in [0.25, 0.3) is 0 Å². The van der Waals surface area contributed by atoms with Gasteiger partial charge in [-0.3, -0.25) is 0 Å². The minimum Gasteiger partial charge on any atom is -0.477 e. The predicted octanol–water partition coefficient (Wildman–Crippen LogP) is 1.90. The van der Waals surface area contributed by atoms with Gasteiger partial charge in [-0.25, -0.2) is 4.79 Å². The summed E-state index contributed by atoms with van der Waals surface area (Å²) in [5.74, 6) is -0.778. The van der Waals surface area contributed by atoms with Crippen LogP contribution in [0.3, 0.4) is 0 Å². The Morgan fingerprint density at radius 2 is 2.06 bits per heavy atom. The normalized spacial score (nSPS) is 14.1. The summed E-state index contributed by atoms with van der Waals surface area (Å²) in [4.78, 5) is 10.8. The lowest BCUT2D eigenvalue weighted by atomic mass is 10.2. The molecule has 1 atom stereocenters. The molecule has 1 aromatic rings. The molecule has 0 aliphatic carbocycles. The molecular weight excluding hydrogens is 202 g/mol. The molecule has 0 aromatic heterocycles. The fourth-order valence-corrected chi connectivity index (χ4v) is 1.85. The molecule has 1 unspecified atom stereocenters. The molecule has 0 radical (unpaired) electrons. The minimum atomic E-state index is -0.778. The maximum Gasteiger partial charge on any atom is 0.359 e. The third kappa shape index (κ3) is 3.87. The van der Waals surface area contributed by atoms with E-state index in [2.05, 4.69) is 6.58 Å². The number of quaternary nitrogens is 1. The van der Waals surface area contributed by atoms with E-state index in [0.717, 1.165) is 5.56 Å². The Kier molecular flexibility index (Phi) is 4.26. The summed E-state index contributed by atoms with van der Waals surface area (Å²) < 4.78 is 0.447. The second-order valence-electron chi connectivity index (χ2n) is 4.29. The van der Waals surface area contributed by atoms with Gasteiger partial charge in [0.15, 0.2) is 6.54 Å². The molecule has 0 aliphatic rings. The first-order chi connectivity index (χ1) is 7.56. The van der Waals surface area contributed by atoms with Gasteiger partial charge < -0.3 is 9.59 Å². The topological polar surface area (TPSA) is 37.3 Å². The van der Waals surface area contributed by atoms with Crippen LogP contribution in [0.1, 0.15) is 5.56 Å². The van der Waals surface area contributed by atoms with Crippen LogP contribution in [-0.2, 0) is 11.3 Å². The van der Waals surface area contributed by atoms with Crippen LogP contribution >= 0.6 is 0 Å². The van der Waals surface area contributed by atoms with Crippen LogP contribution in [0, 0.1) is 0 Å². The second-order valence-corrected chi connectivity index (χ2v) is 4.29. The zero-order chi connectivity index (χ0) is 12.0. The fourth-order valence-electron chi connectivity index (χ4n) is 1.85. The minimum absolute atomic E-state index is 0.112. The second kappa shape index (κ2) is 5.47. The molecule has 0 spiro atoms. The lowest BCUT2D eigenvalue weighted by Gasteiger charge is -2.31. The Morgan fingerprint density at radius 3 is 2.56 bits per heavy atom. The molecule has 0 fully saturated rings. The van der Waals surface area contributed by atoms with Gasteiger partial charge in [-0.1, -0.05) is 36.9 Å². The third-order valence-corrected chi connectivity index (χ3v) is 2.49. The van der Waals surface area contributed by atoms with Gasteiger partial charge in [0.1, 0.15) is 6.54 Å². The summed E-state index contributed by atoms with van der Waals surface area (Å²) in [5, 5.41) is 8.90. The van der Waals surface area contributed by atoms with E-state index in [-0.39, 0.29) is 6.54 Å². The number of likely N-dealkylation sites (N-methyl/N-ethyl adjacent to an activating group) is 1. The Morgan fingerprint density at radius 1 is 1.44 bits per heavy atom. The Balaban J connectivity index is 2.78. The van der Waals surface area contributed by atoms with Crippen molar-refractivity contribution < 1.29 is 14.4 Å². The van der Waals surface area contributed by atoms with E-state index in [1.807, 2.05) is 37.4 Å². The van der Waals surface area contributed by atoms with Crippen LogP contribution in [0.2, 0.25) is 0 Å². The average molecular weight is 220 g/mol. The van der Waals surface area contributed by atoms with E-state index in [9.17, 15) is 4.79 Å². The standard InChI is InChI=1S/C13H17NO2/c1-3-9-14(2,11-13(15)16)10-12-7-5-4-6-8-12/h3-8H,1,9-11H2,2H3/p+1. The van der Waals surface area contributed by atoms with Gasteiger partial charge >= 0.3 is 5.97 Å². The van der Waals surface area contributed by atoms with Crippen LogP contribution < -0.4 is 0 Å². The predicted molar refractivity (Wildman–Crippen MR) is 63.9 cm³/mol. The Labute approximate surface area is 96.2 Å². The Hall–Kier alpha value is -1.61. The quantitative estimate of drug-likeness (QED) is 0.587. The first-order valence-electron chi connectivity index (χ1n) is 5.26. The lowest BCUT2D eigenvalue weighted by Crippen LogP contribution is -2.46. The van der Waals surface area contributed by atoms with Gasteiger partial charge in [0, 0.05) is 5.56 Å². The van der Waals surface area contributed by atoms with Crippen LogP contribution in [0.25, 0.3) is 0 Å². The number of hydrogen-bond donors (Lipinski definition) is 1. The van der Waals surface area contributed by atoms with E-state index in [4.69, 9.17) is 5.11 Å². The molecule has 1 N–H and O–H groups in total. The maximum atomic E-state index is 10.8. The molecule has 1 aromatic carbocycles. The monoisotopic (exact) mass is 220 g/mol. The number of carboxylic acid groups (broad SMARTS) is 1. The van der Waals surface area contributed by atoms with Crippen molar-refractivity contribution in [3.05, 3.63) is 48.6 Å². The van der Waals surface area contributed by atoms with Crippen molar-refractivity contribution in [2.75, 3.05) is 20.1 Å². The van der Waals surface area contributed by atoms with Gasteiger partial charge in [-0.15, -0.1) is 0 Å². The molecular formula is C13H18NO2+. The number of carbonyl (C=O) groups is 1. The number of nitrogens with zero attached hydrogens (tertiary/aromatic N) is 1. The summed E-state index contributed by atoms with van der Waals surface area (Å²) in [6.45, 7) is 5.16. The van der Waals surface area contributed by atoms with E-state index in [1.165, 1.54) is 0 Å². The van der Waals surface area contributed by atoms with Crippen molar-refractivity contribution in [1.29, 1.82) is 0 Å². The van der Waals surface area contributed by atoms with Crippen molar-refractivity contribution >= 4 is 5.97 Å². The first-order valence-corrected chi connectivity index (χ1v) is 5.26. The molecule has 86 valence electrons. The van der Waals surface area contributed by atoms with Gasteiger partial charge in [0.05, 0.1) is 13.6 Å².